The molecule has 3 aromatic rings. The minimum atomic E-state index is -0.704. The summed E-state index contributed by atoms with van der Waals surface area (Å²) in [6.07, 6.45) is 3.44. The van der Waals surface area contributed by atoms with E-state index in [1.165, 1.54) is 23.5 Å². The Labute approximate surface area is 241 Å². The second-order valence-electron chi connectivity index (χ2n) is 10.6. The number of carboxylic acids is 1. The van der Waals surface area contributed by atoms with Crippen LogP contribution in [0.1, 0.15) is 47.2 Å². The van der Waals surface area contributed by atoms with Crippen LogP contribution >= 0.6 is 22.9 Å². The topological polar surface area (TPSA) is 95.9 Å². The molecule has 0 unspecified atom stereocenters. The predicted octanol–water partition coefficient (Wildman–Crippen LogP) is 5.85. The molecule has 40 heavy (non-hydrogen) atoms. The first-order valence-corrected chi connectivity index (χ1v) is 14.7. The molecular weight excluding hydrogens is 555 g/mol. The van der Waals surface area contributed by atoms with Gasteiger partial charge in [-0.25, -0.2) is 4.39 Å². The first kappa shape index (κ1) is 28.4. The molecule has 1 N–H and O–H groups in total. The molecule has 11 heteroatoms. The average Bonchev–Trinajstić information content (AvgIpc) is 3.61. The van der Waals surface area contributed by atoms with E-state index < -0.39 is 11.8 Å². The van der Waals surface area contributed by atoms with Gasteiger partial charge in [0, 0.05) is 18.7 Å². The molecule has 0 atom stereocenters. The van der Waals surface area contributed by atoms with Gasteiger partial charge in [0.1, 0.15) is 23.2 Å². The molecule has 1 amide bonds. The van der Waals surface area contributed by atoms with E-state index in [-0.39, 0.29) is 22.4 Å². The van der Waals surface area contributed by atoms with E-state index in [1.807, 2.05) is 26.0 Å². The Kier molecular flexibility index (Phi) is 8.68. The summed E-state index contributed by atoms with van der Waals surface area (Å²) in [7, 11) is 0. The lowest BCUT2D eigenvalue weighted by Gasteiger charge is -2.30. The zero-order valence-corrected chi connectivity index (χ0v) is 24.1. The zero-order chi connectivity index (χ0) is 28.4. The van der Waals surface area contributed by atoms with E-state index in [4.69, 9.17) is 16.3 Å². The molecule has 1 saturated carbocycles. The van der Waals surface area contributed by atoms with Crippen molar-refractivity contribution in [3.05, 3.63) is 57.9 Å². The predicted molar refractivity (Wildman–Crippen MR) is 153 cm³/mol. The summed E-state index contributed by atoms with van der Waals surface area (Å²) < 4.78 is 19.7. The highest BCUT2D eigenvalue weighted by atomic mass is 35.5. The smallest absolute Gasteiger partial charge is 0.306 e. The van der Waals surface area contributed by atoms with Crippen molar-refractivity contribution in [2.24, 2.45) is 11.8 Å². The largest absolute Gasteiger partial charge is 0.492 e. The molecule has 1 aromatic heterocycles. The lowest BCUT2D eigenvalue weighted by molar-refractivity contribution is -0.143. The van der Waals surface area contributed by atoms with E-state index in [0.717, 1.165) is 61.0 Å². The Bertz CT molecular complexity index is 1380. The maximum atomic E-state index is 13.6. The van der Waals surface area contributed by atoms with Crippen LogP contribution in [-0.4, -0.2) is 64.9 Å². The number of ether oxygens (including phenoxy) is 1. The van der Waals surface area contributed by atoms with Gasteiger partial charge in [0.25, 0.3) is 5.91 Å². The van der Waals surface area contributed by atoms with Gasteiger partial charge in [-0.2, -0.15) is 0 Å². The van der Waals surface area contributed by atoms with Gasteiger partial charge >= 0.3 is 5.97 Å². The molecule has 8 nitrogen and oxygen atoms in total. The number of likely N-dealkylation sites (tertiary alicyclic amines) is 1. The Morgan fingerprint density at radius 1 is 1.12 bits per heavy atom. The maximum Gasteiger partial charge on any atom is 0.306 e. The number of amides is 1. The van der Waals surface area contributed by atoms with Gasteiger partial charge in [-0.3, -0.25) is 19.4 Å². The number of carbonyl (C=O) groups is 2. The van der Waals surface area contributed by atoms with Crippen LogP contribution in [0.25, 0.3) is 10.6 Å². The van der Waals surface area contributed by atoms with Crippen LogP contribution in [0.5, 0.6) is 5.75 Å². The van der Waals surface area contributed by atoms with Crippen molar-refractivity contribution in [1.29, 1.82) is 0 Å². The van der Waals surface area contributed by atoms with Crippen LogP contribution in [0, 0.1) is 31.5 Å². The summed E-state index contributed by atoms with van der Waals surface area (Å²) in [5.74, 6) is -0.528. The van der Waals surface area contributed by atoms with Crippen molar-refractivity contribution in [3.63, 3.8) is 0 Å². The summed E-state index contributed by atoms with van der Waals surface area (Å²) in [4.78, 5) is 28.4. The van der Waals surface area contributed by atoms with Gasteiger partial charge in [0.05, 0.1) is 16.5 Å². The molecule has 2 aromatic carbocycles. The van der Waals surface area contributed by atoms with E-state index in [9.17, 15) is 19.1 Å². The van der Waals surface area contributed by atoms with E-state index in [1.54, 1.807) is 4.90 Å². The third-order valence-electron chi connectivity index (χ3n) is 7.49. The highest BCUT2D eigenvalue weighted by Crippen LogP contribution is 2.37. The van der Waals surface area contributed by atoms with Crippen LogP contribution in [0.4, 0.5) is 9.52 Å². The molecule has 2 fully saturated rings. The van der Waals surface area contributed by atoms with Crippen LogP contribution < -0.4 is 9.64 Å². The van der Waals surface area contributed by atoms with Crippen LogP contribution in [-0.2, 0) is 4.79 Å². The fraction of sp³-hybridized carbons (Fsp3) is 0.448. The number of benzene rings is 2. The number of carbonyl (C=O) groups excluding carboxylic acids is 1. The number of rotatable bonds is 10. The molecule has 0 radical (unpaired) electrons. The third-order valence-corrected chi connectivity index (χ3v) is 8.80. The van der Waals surface area contributed by atoms with Crippen molar-refractivity contribution in [3.8, 4) is 16.3 Å². The minimum absolute atomic E-state index is 0.0714. The Morgan fingerprint density at radius 3 is 2.45 bits per heavy atom. The van der Waals surface area contributed by atoms with E-state index in [2.05, 4.69) is 15.1 Å². The summed E-state index contributed by atoms with van der Waals surface area (Å²) >= 11 is 7.53. The number of aliphatic carboxylic acids is 1. The monoisotopic (exact) mass is 586 g/mol. The fourth-order valence-corrected chi connectivity index (χ4v) is 6.13. The normalized spacial score (nSPS) is 16.2. The van der Waals surface area contributed by atoms with E-state index >= 15 is 0 Å². The van der Waals surface area contributed by atoms with Gasteiger partial charge in [0.2, 0.25) is 5.13 Å². The standard InChI is InChI=1S/C29H32ClFN4O4S/c1-17-13-21(14-18(2)25(17)39-12-11-34-9-7-20(8-10-34)28(37)38)26-32-33-29(40-26)35(16-19-3-4-19)27(36)23-6-5-22(31)15-24(23)30/h5-6,13-15,19-20H,3-4,7-12,16H2,1-2H3,(H,37,38). The van der Waals surface area contributed by atoms with Crippen LogP contribution in [0.2, 0.25) is 5.02 Å². The second-order valence-corrected chi connectivity index (χ2v) is 12.0. The molecular formula is C29H32ClFN4O4S. The van der Waals surface area contributed by atoms with Gasteiger partial charge in [-0.15, -0.1) is 10.2 Å². The fourth-order valence-electron chi connectivity index (χ4n) is 5.04. The Balaban J connectivity index is 1.27. The molecule has 2 heterocycles. The number of carboxylic acid groups (broad SMARTS) is 1. The van der Waals surface area contributed by atoms with Gasteiger partial charge in [-0.05, 0) is 100.0 Å². The number of piperidine rings is 1. The van der Waals surface area contributed by atoms with Gasteiger partial charge < -0.3 is 9.84 Å². The lowest BCUT2D eigenvalue weighted by Crippen LogP contribution is -2.38. The quantitative estimate of drug-likeness (QED) is 0.318. The molecule has 212 valence electrons. The molecule has 0 bridgehead atoms. The Hall–Kier alpha value is -3.08. The number of halogens is 2. The molecule has 5 rings (SSSR count). The van der Waals surface area contributed by atoms with Crippen LogP contribution in [0.3, 0.4) is 0 Å². The number of aromatic nitrogens is 2. The van der Waals surface area contributed by atoms with Crippen molar-refractivity contribution in [1.82, 2.24) is 15.1 Å². The summed E-state index contributed by atoms with van der Waals surface area (Å²) in [5.41, 5.74) is 3.07. The second kappa shape index (κ2) is 12.2. The molecule has 0 spiro atoms. The number of hydrogen-bond acceptors (Lipinski definition) is 7. The first-order chi connectivity index (χ1) is 19.2. The zero-order valence-electron chi connectivity index (χ0n) is 22.5. The highest BCUT2D eigenvalue weighted by molar-refractivity contribution is 7.18. The SMILES string of the molecule is Cc1cc(-c2nnc(N(CC3CC3)C(=O)c3ccc(F)cc3Cl)s2)cc(C)c1OCCN1CCC(C(=O)O)CC1. The van der Waals surface area contributed by atoms with Crippen molar-refractivity contribution in [2.75, 3.05) is 37.7 Å². The molecule has 1 aliphatic carbocycles. The van der Waals surface area contributed by atoms with Crippen molar-refractivity contribution in [2.45, 2.75) is 39.5 Å². The summed E-state index contributed by atoms with van der Waals surface area (Å²) in [6.45, 7) is 7.30. The summed E-state index contributed by atoms with van der Waals surface area (Å²) in [6, 6.07) is 7.80. The Morgan fingerprint density at radius 2 is 1.82 bits per heavy atom. The minimum Gasteiger partial charge on any atom is -0.492 e. The van der Waals surface area contributed by atoms with Gasteiger partial charge in [-0.1, -0.05) is 22.9 Å². The van der Waals surface area contributed by atoms with Crippen molar-refractivity contribution >= 4 is 39.9 Å². The van der Waals surface area contributed by atoms with Crippen LogP contribution in [0.15, 0.2) is 30.3 Å². The highest BCUT2D eigenvalue weighted by Gasteiger charge is 2.31. The van der Waals surface area contributed by atoms with Crippen molar-refractivity contribution < 1.29 is 23.8 Å². The lowest BCUT2D eigenvalue weighted by atomic mass is 9.97. The molecule has 1 saturated heterocycles. The van der Waals surface area contributed by atoms with E-state index in [0.29, 0.717) is 42.1 Å². The first-order valence-electron chi connectivity index (χ1n) is 13.5. The number of hydrogen-bond donors (Lipinski definition) is 1. The number of nitrogens with zero attached hydrogens (tertiary/aromatic N) is 4. The maximum absolute atomic E-state index is 13.6. The number of anilines is 1. The average molecular weight is 587 g/mol. The third kappa shape index (κ3) is 6.62. The summed E-state index contributed by atoms with van der Waals surface area (Å²) in [5, 5.41) is 19.2. The van der Waals surface area contributed by atoms with Gasteiger partial charge in [0.15, 0.2) is 0 Å². The molecule has 1 aliphatic heterocycles. The number of aryl methyl sites for hydroxylation is 2. The molecule has 2 aliphatic rings.